The number of hydrogen-bond donors (Lipinski definition) is 1. The van der Waals surface area contributed by atoms with Crippen molar-refractivity contribution >= 4 is 17.1 Å². The zero-order chi connectivity index (χ0) is 11.1. The molecule has 0 aliphatic heterocycles. The Morgan fingerprint density at radius 1 is 1.27 bits per heavy atom. The number of fused-ring (bicyclic) bond motifs is 1. The van der Waals surface area contributed by atoms with Crippen molar-refractivity contribution in [3.63, 3.8) is 0 Å². The zero-order valence-electron chi connectivity index (χ0n) is 9.59. The first-order chi connectivity index (χ1) is 7.00. The molecule has 0 aliphatic carbocycles. The van der Waals surface area contributed by atoms with Crippen molar-refractivity contribution in [3.05, 3.63) is 23.8 Å². The number of rotatable bonds is 1. The van der Waals surface area contributed by atoms with Gasteiger partial charge < -0.3 is 9.73 Å². The minimum atomic E-state index is 0.140. The second kappa shape index (κ2) is 3.26. The van der Waals surface area contributed by atoms with Crippen LogP contribution in [0.3, 0.4) is 0 Å². The standard InChI is InChI=1S/C12H16N2O/c1-12(2,3)8-5-6-9-10(7-8)15-11(13-4)14-9/h5-7H,1-4H3,(H,13,14). The van der Waals surface area contributed by atoms with Gasteiger partial charge in [-0.3, -0.25) is 0 Å². The Hall–Kier alpha value is -1.51. The van der Waals surface area contributed by atoms with Crippen molar-refractivity contribution in [1.29, 1.82) is 0 Å². The van der Waals surface area contributed by atoms with Gasteiger partial charge >= 0.3 is 0 Å². The summed E-state index contributed by atoms with van der Waals surface area (Å²) in [5.41, 5.74) is 3.13. The molecule has 2 rings (SSSR count). The molecule has 15 heavy (non-hydrogen) atoms. The van der Waals surface area contributed by atoms with E-state index in [9.17, 15) is 0 Å². The molecule has 0 atom stereocenters. The van der Waals surface area contributed by atoms with Gasteiger partial charge in [0, 0.05) is 7.05 Å². The zero-order valence-corrected chi connectivity index (χ0v) is 9.59. The second-order valence-electron chi connectivity index (χ2n) is 4.70. The van der Waals surface area contributed by atoms with E-state index < -0.39 is 0 Å². The van der Waals surface area contributed by atoms with Crippen molar-refractivity contribution in [2.24, 2.45) is 0 Å². The molecule has 0 fully saturated rings. The van der Waals surface area contributed by atoms with E-state index in [0.29, 0.717) is 6.01 Å². The third-order valence-electron chi connectivity index (χ3n) is 2.47. The molecule has 0 spiro atoms. The van der Waals surface area contributed by atoms with Gasteiger partial charge in [-0.25, -0.2) is 0 Å². The number of hydrogen-bond acceptors (Lipinski definition) is 3. The van der Waals surface area contributed by atoms with E-state index in [-0.39, 0.29) is 5.41 Å². The minimum absolute atomic E-state index is 0.140. The number of oxazole rings is 1. The summed E-state index contributed by atoms with van der Waals surface area (Å²) in [6.45, 7) is 6.55. The monoisotopic (exact) mass is 204 g/mol. The summed E-state index contributed by atoms with van der Waals surface area (Å²) >= 11 is 0. The van der Waals surface area contributed by atoms with E-state index in [1.165, 1.54) is 5.56 Å². The van der Waals surface area contributed by atoms with E-state index in [0.717, 1.165) is 11.1 Å². The summed E-state index contributed by atoms with van der Waals surface area (Å²) in [5, 5.41) is 2.90. The third kappa shape index (κ3) is 1.82. The van der Waals surface area contributed by atoms with Crippen molar-refractivity contribution in [2.75, 3.05) is 12.4 Å². The van der Waals surface area contributed by atoms with Crippen molar-refractivity contribution in [3.8, 4) is 0 Å². The number of benzene rings is 1. The molecular weight excluding hydrogens is 188 g/mol. The summed E-state index contributed by atoms with van der Waals surface area (Å²) in [6, 6.07) is 6.73. The fraction of sp³-hybridized carbons (Fsp3) is 0.417. The minimum Gasteiger partial charge on any atom is -0.424 e. The molecule has 1 aromatic carbocycles. The van der Waals surface area contributed by atoms with E-state index in [1.54, 1.807) is 7.05 Å². The van der Waals surface area contributed by atoms with Crippen molar-refractivity contribution in [1.82, 2.24) is 4.98 Å². The van der Waals surface area contributed by atoms with E-state index >= 15 is 0 Å². The molecule has 2 aromatic rings. The number of nitrogens with zero attached hydrogens (tertiary/aromatic N) is 1. The van der Waals surface area contributed by atoms with Crippen LogP contribution in [0.4, 0.5) is 6.01 Å². The quantitative estimate of drug-likeness (QED) is 0.775. The fourth-order valence-electron chi connectivity index (χ4n) is 1.50. The highest BCUT2D eigenvalue weighted by atomic mass is 16.4. The van der Waals surface area contributed by atoms with Gasteiger partial charge in [0.1, 0.15) is 5.52 Å². The molecule has 0 aliphatic rings. The molecule has 0 bridgehead atoms. The first-order valence-electron chi connectivity index (χ1n) is 5.09. The lowest BCUT2D eigenvalue weighted by Crippen LogP contribution is -2.10. The lowest BCUT2D eigenvalue weighted by Gasteiger charge is -2.18. The largest absolute Gasteiger partial charge is 0.424 e. The molecule has 0 radical (unpaired) electrons. The predicted octanol–water partition coefficient (Wildman–Crippen LogP) is 3.17. The molecule has 0 amide bonds. The maximum Gasteiger partial charge on any atom is 0.295 e. The topological polar surface area (TPSA) is 38.1 Å². The second-order valence-corrected chi connectivity index (χ2v) is 4.70. The van der Waals surface area contributed by atoms with E-state index in [1.807, 2.05) is 6.07 Å². The summed E-state index contributed by atoms with van der Waals surface area (Å²) in [4.78, 5) is 4.28. The molecule has 0 saturated carbocycles. The molecule has 1 aromatic heterocycles. The summed E-state index contributed by atoms with van der Waals surface area (Å²) in [7, 11) is 1.80. The number of anilines is 1. The van der Waals surface area contributed by atoms with Crippen LogP contribution in [0.25, 0.3) is 11.1 Å². The Kier molecular flexibility index (Phi) is 2.18. The maximum atomic E-state index is 5.53. The van der Waals surface area contributed by atoms with Crippen LogP contribution < -0.4 is 5.32 Å². The van der Waals surface area contributed by atoms with Gasteiger partial charge in [-0.1, -0.05) is 26.8 Å². The Labute approximate surface area is 89.5 Å². The van der Waals surface area contributed by atoms with Gasteiger partial charge in [-0.15, -0.1) is 0 Å². The first kappa shape index (κ1) is 10.0. The fourth-order valence-corrected chi connectivity index (χ4v) is 1.50. The van der Waals surface area contributed by atoms with Gasteiger partial charge in [0.15, 0.2) is 5.58 Å². The SMILES string of the molecule is CNc1nc2ccc(C(C)(C)C)cc2o1. The Morgan fingerprint density at radius 3 is 2.60 bits per heavy atom. The number of nitrogens with one attached hydrogen (secondary N) is 1. The predicted molar refractivity (Wildman–Crippen MR) is 62.3 cm³/mol. The van der Waals surface area contributed by atoms with Crippen LogP contribution in [0.1, 0.15) is 26.3 Å². The van der Waals surface area contributed by atoms with Gasteiger partial charge in [0.25, 0.3) is 6.01 Å². The highest BCUT2D eigenvalue weighted by Crippen LogP contribution is 2.27. The molecule has 1 N–H and O–H groups in total. The third-order valence-corrected chi connectivity index (χ3v) is 2.47. The molecule has 0 saturated heterocycles. The van der Waals surface area contributed by atoms with Crippen LogP contribution in [-0.2, 0) is 5.41 Å². The number of aromatic nitrogens is 1. The molecule has 3 nitrogen and oxygen atoms in total. The van der Waals surface area contributed by atoms with Crippen LogP contribution in [-0.4, -0.2) is 12.0 Å². The van der Waals surface area contributed by atoms with Gasteiger partial charge in [-0.2, -0.15) is 4.98 Å². The van der Waals surface area contributed by atoms with E-state index in [4.69, 9.17) is 4.42 Å². The molecule has 80 valence electrons. The average molecular weight is 204 g/mol. The average Bonchev–Trinajstić information content (AvgIpc) is 2.57. The van der Waals surface area contributed by atoms with Crippen molar-refractivity contribution < 1.29 is 4.42 Å². The van der Waals surface area contributed by atoms with Crippen LogP contribution in [0.2, 0.25) is 0 Å². The van der Waals surface area contributed by atoms with Gasteiger partial charge in [0.2, 0.25) is 0 Å². The summed E-state index contributed by atoms with van der Waals surface area (Å²) < 4.78 is 5.53. The van der Waals surface area contributed by atoms with Crippen LogP contribution in [0, 0.1) is 0 Å². The highest BCUT2D eigenvalue weighted by Gasteiger charge is 2.15. The normalized spacial score (nSPS) is 12.0. The van der Waals surface area contributed by atoms with E-state index in [2.05, 4.69) is 43.2 Å². The van der Waals surface area contributed by atoms with Crippen LogP contribution in [0.5, 0.6) is 0 Å². The molecule has 3 heteroatoms. The molecule has 0 unspecified atom stereocenters. The summed E-state index contributed by atoms with van der Waals surface area (Å²) in [5.74, 6) is 0. The lowest BCUT2D eigenvalue weighted by molar-refractivity contribution is 0.584. The van der Waals surface area contributed by atoms with Crippen LogP contribution >= 0.6 is 0 Å². The molecule has 1 heterocycles. The van der Waals surface area contributed by atoms with Crippen molar-refractivity contribution in [2.45, 2.75) is 26.2 Å². The van der Waals surface area contributed by atoms with Crippen LogP contribution in [0.15, 0.2) is 22.6 Å². The molecular formula is C12H16N2O. The Morgan fingerprint density at radius 2 is 2.00 bits per heavy atom. The maximum absolute atomic E-state index is 5.53. The van der Waals surface area contributed by atoms with Gasteiger partial charge in [-0.05, 0) is 23.1 Å². The van der Waals surface area contributed by atoms with Gasteiger partial charge in [0.05, 0.1) is 0 Å². The Balaban J connectivity index is 2.55. The highest BCUT2D eigenvalue weighted by molar-refractivity contribution is 5.75. The Bertz CT molecular complexity index is 480. The lowest BCUT2D eigenvalue weighted by atomic mass is 9.87. The summed E-state index contributed by atoms with van der Waals surface area (Å²) in [6.07, 6.45) is 0. The first-order valence-corrected chi connectivity index (χ1v) is 5.09. The smallest absolute Gasteiger partial charge is 0.295 e.